The lowest BCUT2D eigenvalue weighted by atomic mass is 9.88. The van der Waals surface area contributed by atoms with E-state index in [9.17, 15) is 0 Å². The van der Waals surface area contributed by atoms with Crippen molar-refractivity contribution in [3.8, 4) is 0 Å². The zero-order valence-corrected chi connectivity index (χ0v) is 13.0. The van der Waals surface area contributed by atoms with Gasteiger partial charge in [0.25, 0.3) is 0 Å². The molecule has 0 heterocycles. The molecule has 1 fully saturated rings. The first-order chi connectivity index (χ1) is 10.9. The Morgan fingerprint density at radius 3 is 2.55 bits per heavy atom. The summed E-state index contributed by atoms with van der Waals surface area (Å²) in [4.78, 5) is 0. The lowest BCUT2D eigenvalue weighted by Gasteiger charge is -2.16. The molecule has 0 spiro atoms. The summed E-state index contributed by atoms with van der Waals surface area (Å²) in [6.45, 7) is 0. The zero-order valence-electron chi connectivity index (χ0n) is 13.0. The highest BCUT2D eigenvalue weighted by atomic mass is 14.4. The minimum atomic E-state index is 0.841. The number of rotatable bonds is 0. The van der Waals surface area contributed by atoms with E-state index in [1.54, 1.807) is 11.1 Å². The summed E-state index contributed by atoms with van der Waals surface area (Å²) in [6.07, 6.45) is 8.48. The van der Waals surface area contributed by atoms with Crippen LogP contribution >= 0.6 is 0 Å². The number of hydrogen-bond donors (Lipinski definition) is 0. The highest BCUT2D eigenvalue weighted by molar-refractivity contribution is 6.08. The number of hydrogen-bond acceptors (Lipinski definition) is 0. The minimum absolute atomic E-state index is 0.841. The van der Waals surface area contributed by atoms with Gasteiger partial charge < -0.3 is 0 Å². The summed E-state index contributed by atoms with van der Waals surface area (Å²) in [6, 6.07) is 18.3. The van der Waals surface area contributed by atoms with Crippen LogP contribution in [-0.4, -0.2) is 0 Å². The Morgan fingerprint density at radius 2 is 1.55 bits per heavy atom. The Hall–Kier alpha value is -1.82. The van der Waals surface area contributed by atoms with Crippen molar-refractivity contribution in [3.05, 3.63) is 59.7 Å². The fourth-order valence-electron chi connectivity index (χ4n) is 5.04. The highest BCUT2D eigenvalue weighted by Gasteiger charge is 2.33. The standard InChI is InChI=1S/C22H22/c1-2-7-16-14-22-20(18(16)8-3-1)13-12-19-17-9-5-4-6-15(17)10-11-21(19)22/h4-6,9-13,16,18H,1-3,7-8,14H2. The molecule has 2 unspecified atom stereocenters. The predicted octanol–water partition coefficient (Wildman–Crippen LogP) is 6.21. The lowest BCUT2D eigenvalue weighted by molar-refractivity contribution is 0.432. The topological polar surface area (TPSA) is 0 Å². The fraction of sp³-hybridized carbons (Fsp3) is 0.364. The van der Waals surface area contributed by atoms with Gasteiger partial charge in [-0.2, -0.15) is 0 Å². The third-order valence-electron chi connectivity index (χ3n) is 6.10. The van der Waals surface area contributed by atoms with Gasteiger partial charge in [0.15, 0.2) is 0 Å². The summed E-state index contributed by atoms with van der Waals surface area (Å²) in [5.74, 6) is 1.75. The largest absolute Gasteiger partial charge is 0.0616 e. The monoisotopic (exact) mass is 286 g/mol. The molecule has 110 valence electrons. The van der Waals surface area contributed by atoms with Crippen LogP contribution in [0.15, 0.2) is 48.5 Å². The summed E-state index contributed by atoms with van der Waals surface area (Å²) < 4.78 is 0. The summed E-state index contributed by atoms with van der Waals surface area (Å²) >= 11 is 0. The zero-order chi connectivity index (χ0) is 14.5. The molecule has 2 aliphatic carbocycles. The first-order valence-corrected chi connectivity index (χ1v) is 8.85. The van der Waals surface area contributed by atoms with Crippen LogP contribution in [0.25, 0.3) is 21.5 Å². The van der Waals surface area contributed by atoms with Crippen molar-refractivity contribution in [2.24, 2.45) is 5.92 Å². The van der Waals surface area contributed by atoms with Gasteiger partial charge in [0.1, 0.15) is 0 Å². The summed E-state index contributed by atoms with van der Waals surface area (Å²) in [5, 5.41) is 5.75. The SMILES string of the molecule is c1ccc2c(c1)ccc1c3c(ccc12)C1CCCCCC1C3. The molecule has 0 heteroatoms. The van der Waals surface area contributed by atoms with E-state index < -0.39 is 0 Å². The van der Waals surface area contributed by atoms with Crippen molar-refractivity contribution < 1.29 is 0 Å². The van der Waals surface area contributed by atoms with Crippen molar-refractivity contribution in [3.63, 3.8) is 0 Å². The molecule has 0 aliphatic heterocycles. The average Bonchev–Trinajstić information content (AvgIpc) is 2.76. The third kappa shape index (κ3) is 1.76. The van der Waals surface area contributed by atoms with Gasteiger partial charge in [-0.3, -0.25) is 0 Å². The fourth-order valence-corrected chi connectivity index (χ4v) is 5.04. The van der Waals surface area contributed by atoms with Gasteiger partial charge in [-0.05, 0) is 63.8 Å². The van der Waals surface area contributed by atoms with Crippen LogP contribution in [-0.2, 0) is 6.42 Å². The second-order valence-corrected chi connectivity index (χ2v) is 7.22. The molecule has 0 nitrogen and oxygen atoms in total. The first kappa shape index (κ1) is 12.7. The van der Waals surface area contributed by atoms with Gasteiger partial charge in [0.2, 0.25) is 0 Å². The van der Waals surface area contributed by atoms with Crippen molar-refractivity contribution in [2.75, 3.05) is 0 Å². The van der Waals surface area contributed by atoms with Crippen molar-refractivity contribution in [1.29, 1.82) is 0 Å². The van der Waals surface area contributed by atoms with E-state index in [0.29, 0.717) is 0 Å². The van der Waals surface area contributed by atoms with E-state index >= 15 is 0 Å². The molecule has 3 aromatic rings. The quantitative estimate of drug-likeness (QED) is 0.431. The first-order valence-electron chi connectivity index (χ1n) is 8.85. The van der Waals surface area contributed by atoms with E-state index in [2.05, 4.69) is 48.5 Å². The van der Waals surface area contributed by atoms with Gasteiger partial charge in [0, 0.05) is 0 Å². The van der Waals surface area contributed by atoms with E-state index in [-0.39, 0.29) is 0 Å². The van der Waals surface area contributed by atoms with Crippen LogP contribution in [0.5, 0.6) is 0 Å². The van der Waals surface area contributed by atoms with Crippen LogP contribution in [0, 0.1) is 5.92 Å². The van der Waals surface area contributed by atoms with Crippen LogP contribution in [0.4, 0.5) is 0 Å². The normalized spacial score (nSPS) is 24.2. The Morgan fingerprint density at radius 1 is 0.682 bits per heavy atom. The van der Waals surface area contributed by atoms with Gasteiger partial charge >= 0.3 is 0 Å². The second kappa shape index (κ2) is 4.84. The van der Waals surface area contributed by atoms with Gasteiger partial charge in [-0.15, -0.1) is 0 Å². The number of benzene rings is 3. The Balaban J connectivity index is 1.76. The molecule has 0 aromatic heterocycles. The summed E-state index contributed by atoms with van der Waals surface area (Å²) in [7, 11) is 0. The lowest BCUT2D eigenvalue weighted by Crippen LogP contribution is -2.04. The molecule has 0 radical (unpaired) electrons. The highest BCUT2D eigenvalue weighted by Crippen LogP contribution is 2.48. The summed E-state index contributed by atoms with van der Waals surface area (Å²) in [5.41, 5.74) is 3.34. The molecule has 5 rings (SSSR count). The van der Waals surface area contributed by atoms with Crippen molar-refractivity contribution >= 4 is 21.5 Å². The molecule has 2 aliphatic rings. The van der Waals surface area contributed by atoms with Gasteiger partial charge in [-0.1, -0.05) is 67.8 Å². The van der Waals surface area contributed by atoms with E-state index in [1.807, 2.05) is 0 Å². The van der Waals surface area contributed by atoms with Crippen LogP contribution < -0.4 is 0 Å². The molecule has 1 saturated carbocycles. The Kier molecular flexibility index (Phi) is 2.80. The molecule has 3 aromatic carbocycles. The average molecular weight is 286 g/mol. The molecular formula is C22H22. The molecule has 0 bridgehead atoms. The molecule has 0 amide bonds. The molecule has 0 N–H and O–H groups in total. The maximum atomic E-state index is 2.46. The van der Waals surface area contributed by atoms with Crippen molar-refractivity contribution in [2.45, 2.75) is 44.4 Å². The molecular weight excluding hydrogens is 264 g/mol. The Labute approximate surface area is 132 Å². The van der Waals surface area contributed by atoms with Crippen LogP contribution in [0.1, 0.15) is 49.1 Å². The third-order valence-corrected chi connectivity index (χ3v) is 6.10. The smallest absolute Gasteiger partial charge is 0.0102 e. The van der Waals surface area contributed by atoms with Gasteiger partial charge in [-0.25, -0.2) is 0 Å². The maximum Gasteiger partial charge on any atom is -0.0102 e. The predicted molar refractivity (Wildman–Crippen MR) is 94.5 cm³/mol. The van der Waals surface area contributed by atoms with Gasteiger partial charge in [0.05, 0.1) is 0 Å². The Bertz CT molecular complexity index is 858. The van der Waals surface area contributed by atoms with E-state index in [1.165, 1.54) is 60.1 Å². The van der Waals surface area contributed by atoms with Crippen molar-refractivity contribution in [1.82, 2.24) is 0 Å². The minimum Gasteiger partial charge on any atom is -0.0616 e. The molecule has 2 atom stereocenters. The van der Waals surface area contributed by atoms with E-state index in [4.69, 9.17) is 0 Å². The van der Waals surface area contributed by atoms with Crippen LogP contribution in [0.2, 0.25) is 0 Å². The molecule has 0 saturated heterocycles. The number of fused-ring (bicyclic) bond motifs is 7. The maximum absolute atomic E-state index is 2.46. The van der Waals surface area contributed by atoms with E-state index in [0.717, 1.165) is 11.8 Å². The second-order valence-electron chi connectivity index (χ2n) is 7.22. The molecule has 22 heavy (non-hydrogen) atoms. The van der Waals surface area contributed by atoms with Crippen LogP contribution in [0.3, 0.4) is 0 Å².